The monoisotopic (exact) mass is 338 g/mol. The molecule has 1 atom stereocenters. The average molecular weight is 339 g/mol. The zero-order valence-corrected chi connectivity index (χ0v) is 13.0. The predicted octanol–water partition coefficient (Wildman–Crippen LogP) is 5.25. The van der Waals surface area contributed by atoms with Gasteiger partial charge < -0.3 is 0 Å². The van der Waals surface area contributed by atoms with Gasteiger partial charge >= 0.3 is 0 Å². The smallest absolute Gasteiger partial charge is 0.129 e. The molecule has 2 rings (SSSR count). The SMILES string of the molecule is CCC(CBr)(Cc1ccc(F)cc1F)c1ccccc1. The molecule has 20 heavy (non-hydrogen) atoms. The van der Waals surface area contributed by atoms with Crippen LogP contribution in [-0.2, 0) is 11.8 Å². The number of alkyl halides is 1. The molecule has 0 aliphatic heterocycles. The Kier molecular flexibility index (Phi) is 4.92. The van der Waals surface area contributed by atoms with E-state index < -0.39 is 11.6 Å². The second-order valence-corrected chi connectivity index (χ2v) is 5.61. The van der Waals surface area contributed by atoms with E-state index in [1.165, 1.54) is 11.6 Å². The minimum atomic E-state index is -0.535. The first kappa shape index (κ1) is 15.2. The second-order valence-electron chi connectivity index (χ2n) is 5.05. The molecule has 0 bridgehead atoms. The van der Waals surface area contributed by atoms with E-state index in [4.69, 9.17) is 0 Å². The summed E-state index contributed by atoms with van der Waals surface area (Å²) in [5.74, 6) is -1.01. The Bertz CT molecular complexity index is 562. The highest BCUT2D eigenvalue weighted by atomic mass is 79.9. The standard InChI is InChI=1S/C17H17BrF2/c1-2-17(12-18,14-6-4-3-5-7-14)11-13-8-9-15(19)10-16(13)20/h3-10H,2,11-12H2,1H3. The van der Waals surface area contributed by atoms with Crippen LogP contribution in [0.15, 0.2) is 48.5 Å². The van der Waals surface area contributed by atoms with Gasteiger partial charge in [0.2, 0.25) is 0 Å². The summed E-state index contributed by atoms with van der Waals surface area (Å²) in [6, 6.07) is 13.9. The topological polar surface area (TPSA) is 0 Å². The summed E-state index contributed by atoms with van der Waals surface area (Å²) in [5.41, 5.74) is 1.54. The summed E-state index contributed by atoms with van der Waals surface area (Å²) in [6.45, 7) is 2.09. The van der Waals surface area contributed by atoms with Crippen molar-refractivity contribution in [3.63, 3.8) is 0 Å². The van der Waals surface area contributed by atoms with Crippen LogP contribution in [0.1, 0.15) is 24.5 Å². The van der Waals surface area contributed by atoms with Gasteiger partial charge in [0.1, 0.15) is 11.6 Å². The van der Waals surface area contributed by atoms with Gasteiger partial charge in [-0.3, -0.25) is 0 Å². The molecule has 0 aromatic heterocycles. The molecule has 0 amide bonds. The maximum Gasteiger partial charge on any atom is 0.129 e. The van der Waals surface area contributed by atoms with Gasteiger partial charge in [0.15, 0.2) is 0 Å². The van der Waals surface area contributed by atoms with E-state index in [1.54, 1.807) is 6.07 Å². The molecular weight excluding hydrogens is 322 g/mol. The van der Waals surface area contributed by atoms with Crippen molar-refractivity contribution in [3.05, 3.63) is 71.3 Å². The highest BCUT2D eigenvalue weighted by Crippen LogP contribution is 2.34. The quantitative estimate of drug-likeness (QED) is 0.653. The van der Waals surface area contributed by atoms with E-state index in [0.717, 1.165) is 17.8 Å². The molecule has 0 N–H and O–H groups in total. The molecule has 3 heteroatoms. The van der Waals surface area contributed by atoms with E-state index in [0.29, 0.717) is 12.0 Å². The summed E-state index contributed by atoms with van der Waals surface area (Å²) in [5, 5.41) is 0.733. The maximum absolute atomic E-state index is 13.9. The molecule has 0 saturated carbocycles. The Morgan fingerprint density at radius 1 is 1.05 bits per heavy atom. The van der Waals surface area contributed by atoms with Crippen molar-refractivity contribution in [2.75, 3.05) is 5.33 Å². The second kappa shape index (κ2) is 6.49. The summed E-state index contributed by atoms with van der Waals surface area (Å²) in [7, 11) is 0. The number of hydrogen-bond donors (Lipinski definition) is 0. The molecule has 0 aliphatic carbocycles. The molecule has 0 fully saturated rings. The first-order valence-electron chi connectivity index (χ1n) is 6.67. The lowest BCUT2D eigenvalue weighted by atomic mass is 9.75. The van der Waals surface area contributed by atoms with Crippen LogP contribution < -0.4 is 0 Å². The Balaban J connectivity index is 2.39. The molecule has 2 aromatic carbocycles. The molecule has 0 radical (unpaired) electrons. The van der Waals surface area contributed by atoms with Crippen molar-refractivity contribution in [2.45, 2.75) is 25.2 Å². The van der Waals surface area contributed by atoms with Crippen molar-refractivity contribution in [1.82, 2.24) is 0 Å². The van der Waals surface area contributed by atoms with Crippen LogP contribution >= 0.6 is 15.9 Å². The van der Waals surface area contributed by atoms with Crippen molar-refractivity contribution >= 4 is 15.9 Å². The largest absolute Gasteiger partial charge is 0.207 e. The van der Waals surface area contributed by atoms with Crippen LogP contribution in [-0.4, -0.2) is 5.33 Å². The van der Waals surface area contributed by atoms with Crippen LogP contribution in [0.25, 0.3) is 0 Å². The number of halogens is 3. The third kappa shape index (κ3) is 3.09. The van der Waals surface area contributed by atoms with E-state index in [1.807, 2.05) is 18.2 Å². The van der Waals surface area contributed by atoms with Gasteiger partial charge in [0, 0.05) is 16.8 Å². The van der Waals surface area contributed by atoms with Gasteiger partial charge in [-0.25, -0.2) is 8.78 Å². The van der Waals surface area contributed by atoms with Crippen LogP contribution in [0.4, 0.5) is 8.78 Å². The fourth-order valence-corrected chi connectivity index (χ4v) is 3.39. The Labute approximate surface area is 127 Å². The van der Waals surface area contributed by atoms with E-state index >= 15 is 0 Å². The lowest BCUT2D eigenvalue weighted by Gasteiger charge is -2.32. The highest BCUT2D eigenvalue weighted by Gasteiger charge is 2.30. The van der Waals surface area contributed by atoms with Crippen molar-refractivity contribution in [2.24, 2.45) is 0 Å². The summed E-state index contributed by atoms with van der Waals surface area (Å²) < 4.78 is 26.9. The van der Waals surface area contributed by atoms with Crippen LogP contribution in [0.2, 0.25) is 0 Å². The van der Waals surface area contributed by atoms with Gasteiger partial charge in [0.05, 0.1) is 0 Å². The first-order valence-corrected chi connectivity index (χ1v) is 7.79. The van der Waals surface area contributed by atoms with E-state index in [2.05, 4.69) is 35.0 Å². The third-order valence-corrected chi connectivity index (χ3v) is 4.94. The molecule has 0 heterocycles. The molecule has 1 unspecified atom stereocenters. The minimum Gasteiger partial charge on any atom is -0.207 e. The summed E-state index contributed by atoms with van der Waals surface area (Å²) in [6.07, 6.45) is 1.42. The van der Waals surface area contributed by atoms with E-state index in [9.17, 15) is 8.78 Å². The summed E-state index contributed by atoms with van der Waals surface area (Å²) >= 11 is 3.57. The predicted molar refractivity (Wildman–Crippen MR) is 82.3 cm³/mol. The van der Waals surface area contributed by atoms with Gasteiger partial charge in [-0.05, 0) is 30.0 Å². The first-order chi connectivity index (χ1) is 9.61. The van der Waals surface area contributed by atoms with Gasteiger partial charge in [-0.1, -0.05) is 59.3 Å². The Hall–Kier alpha value is -1.22. The Morgan fingerprint density at radius 3 is 2.30 bits per heavy atom. The highest BCUT2D eigenvalue weighted by molar-refractivity contribution is 9.09. The fourth-order valence-electron chi connectivity index (χ4n) is 2.47. The molecule has 0 nitrogen and oxygen atoms in total. The number of benzene rings is 2. The van der Waals surface area contributed by atoms with Gasteiger partial charge in [0.25, 0.3) is 0 Å². The third-order valence-electron chi connectivity index (χ3n) is 3.86. The van der Waals surface area contributed by atoms with Gasteiger partial charge in [-0.2, -0.15) is 0 Å². The summed E-state index contributed by atoms with van der Waals surface area (Å²) in [4.78, 5) is 0. The van der Waals surface area contributed by atoms with Crippen molar-refractivity contribution in [3.8, 4) is 0 Å². The molecule has 2 aromatic rings. The molecule has 106 valence electrons. The van der Waals surface area contributed by atoms with Crippen LogP contribution in [0, 0.1) is 11.6 Å². The zero-order valence-electron chi connectivity index (χ0n) is 11.4. The molecule has 0 saturated heterocycles. The Morgan fingerprint density at radius 2 is 1.75 bits per heavy atom. The average Bonchev–Trinajstić information content (AvgIpc) is 2.48. The normalized spacial score (nSPS) is 14.0. The minimum absolute atomic E-state index is 0.181. The maximum atomic E-state index is 13.9. The number of hydrogen-bond acceptors (Lipinski definition) is 0. The molecule has 0 aliphatic rings. The van der Waals surface area contributed by atoms with Crippen molar-refractivity contribution < 1.29 is 8.78 Å². The van der Waals surface area contributed by atoms with Crippen LogP contribution in [0.5, 0.6) is 0 Å². The lowest BCUT2D eigenvalue weighted by molar-refractivity contribution is 0.450. The van der Waals surface area contributed by atoms with Crippen LogP contribution in [0.3, 0.4) is 0 Å². The lowest BCUT2D eigenvalue weighted by Crippen LogP contribution is -2.30. The van der Waals surface area contributed by atoms with E-state index in [-0.39, 0.29) is 5.41 Å². The van der Waals surface area contributed by atoms with Gasteiger partial charge in [-0.15, -0.1) is 0 Å². The molecular formula is C17H17BrF2. The molecule has 0 spiro atoms. The number of rotatable bonds is 5. The zero-order chi connectivity index (χ0) is 14.6. The van der Waals surface area contributed by atoms with Crippen molar-refractivity contribution in [1.29, 1.82) is 0 Å². The fraction of sp³-hybridized carbons (Fsp3) is 0.294.